The van der Waals surface area contributed by atoms with Gasteiger partial charge in [0.15, 0.2) is 6.61 Å². The Balaban J connectivity index is 1.67. The summed E-state index contributed by atoms with van der Waals surface area (Å²) >= 11 is 6.20. The fraction of sp³-hybridized carbons (Fsp3) is 0.208. The van der Waals surface area contributed by atoms with Crippen LogP contribution >= 0.6 is 11.6 Å². The largest absolute Gasteiger partial charge is 0.495 e. The van der Waals surface area contributed by atoms with E-state index in [9.17, 15) is 13.2 Å². The molecule has 0 radical (unpaired) electrons. The zero-order chi connectivity index (χ0) is 24.0. The molecular weight excluding hydrogens is 464 g/mol. The maximum Gasteiger partial charge on any atom is 0.262 e. The lowest BCUT2D eigenvalue weighted by atomic mass is 10.2. The van der Waals surface area contributed by atoms with Crippen molar-refractivity contribution in [3.05, 3.63) is 82.9 Å². The SMILES string of the molecule is COc1ccc(C)cc1NC(=O)COc1ccc(N(Cc2ccccc2Cl)S(C)(=O)=O)cc1. The average Bonchev–Trinajstić information content (AvgIpc) is 2.77. The number of amides is 1. The van der Waals surface area contributed by atoms with Crippen molar-refractivity contribution in [2.24, 2.45) is 0 Å². The summed E-state index contributed by atoms with van der Waals surface area (Å²) in [5, 5.41) is 3.25. The van der Waals surface area contributed by atoms with Crippen LogP contribution in [0.4, 0.5) is 11.4 Å². The van der Waals surface area contributed by atoms with Gasteiger partial charge in [0.05, 0.1) is 31.3 Å². The summed E-state index contributed by atoms with van der Waals surface area (Å²) in [5.41, 5.74) is 2.69. The van der Waals surface area contributed by atoms with Gasteiger partial charge in [-0.05, 0) is 60.5 Å². The number of benzene rings is 3. The maximum absolute atomic E-state index is 12.4. The lowest BCUT2D eigenvalue weighted by Crippen LogP contribution is -2.29. The Labute approximate surface area is 198 Å². The first kappa shape index (κ1) is 24.4. The van der Waals surface area contributed by atoms with E-state index >= 15 is 0 Å². The van der Waals surface area contributed by atoms with E-state index in [-0.39, 0.29) is 19.1 Å². The van der Waals surface area contributed by atoms with Crippen molar-refractivity contribution in [3.8, 4) is 11.5 Å². The van der Waals surface area contributed by atoms with Crippen molar-refractivity contribution in [2.45, 2.75) is 13.5 Å². The number of sulfonamides is 1. The molecule has 0 heterocycles. The van der Waals surface area contributed by atoms with Gasteiger partial charge >= 0.3 is 0 Å². The van der Waals surface area contributed by atoms with Gasteiger partial charge in [0.1, 0.15) is 11.5 Å². The third-order valence-electron chi connectivity index (χ3n) is 4.80. The molecule has 0 bridgehead atoms. The van der Waals surface area contributed by atoms with Crippen LogP contribution in [0.15, 0.2) is 66.7 Å². The van der Waals surface area contributed by atoms with E-state index in [2.05, 4.69) is 5.32 Å². The standard InChI is InChI=1S/C24H25ClN2O5S/c1-17-8-13-23(31-2)22(14-17)26-24(28)16-32-20-11-9-19(10-12-20)27(33(3,29)30)15-18-6-4-5-7-21(18)25/h4-14H,15-16H2,1-3H3,(H,26,28). The first-order valence-corrected chi connectivity index (χ1v) is 12.3. The van der Waals surface area contributed by atoms with Crippen LogP contribution in [0.2, 0.25) is 5.02 Å². The number of methoxy groups -OCH3 is 1. The summed E-state index contributed by atoms with van der Waals surface area (Å²) in [7, 11) is -2.03. The molecule has 0 aromatic heterocycles. The summed E-state index contributed by atoms with van der Waals surface area (Å²) in [5.74, 6) is 0.633. The molecule has 0 unspecified atom stereocenters. The molecule has 0 aliphatic rings. The Hall–Kier alpha value is -3.23. The number of rotatable bonds is 9. The van der Waals surface area contributed by atoms with Crippen molar-refractivity contribution in [1.29, 1.82) is 0 Å². The van der Waals surface area contributed by atoms with Gasteiger partial charge in [-0.25, -0.2) is 8.42 Å². The first-order chi connectivity index (χ1) is 15.7. The van der Waals surface area contributed by atoms with Gasteiger partial charge in [0.25, 0.3) is 5.91 Å². The number of nitrogens with zero attached hydrogens (tertiary/aromatic N) is 1. The van der Waals surface area contributed by atoms with Gasteiger partial charge in [-0.3, -0.25) is 9.10 Å². The zero-order valence-corrected chi connectivity index (χ0v) is 20.1. The monoisotopic (exact) mass is 488 g/mol. The van der Waals surface area contributed by atoms with E-state index in [0.717, 1.165) is 11.8 Å². The normalized spacial score (nSPS) is 11.0. The predicted molar refractivity (Wildman–Crippen MR) is 131 cm³/mol. The van der Waals surface area contributed by atoms with Crippen LogP contribution in [0.25, 0.3) is 0 Å². The molecule has 9 heteroatoms. The highest BCUT2D eigenvalue weighted by atomic mass is 35.5. The molecule has 0 saturated heterocycles. The zero-order valence-electron chi connectivity index (χ0n) is 18.5. The minimum Gasteiger partial charge on any atom is -0.495 e. The highest BCUT2D eigenvalue weighted by molar-refractivity contribution is 7.92. The Morgan fingerprint density at radius 2 is 1.76 bits per heavy atom. The summed E-state index contributed by atoms with van der Waals surface area (Å²) in [4.78, 5) is 12.3. The molecule has 174 valence electrons. The molecule has 0 spiro atoms. The Kier molecular flexibility index (Phi) is 7.84. The van der Waals surface area contributed by atoms with Crippen LogP contribution in [-0.4, -0.2) is 34.3 Å². The number of halogens is 1. The fourth-order valence-corrected chi connectivity index (χ4v) is 4.22. The molecule has 33 heavy (non-hydrogen) atoms. The molecule has 3 aromatic rings. The summed E-state index contributed by atoms with van der Waals surface area (Å²) in [6, 6.07) is 19.0. The van der Waals surface area contributed by atoms with Crippen LogP contribution in [-0.2, 0) is 21.4 Å². The summed E-state index contributed by atoms with van der Waals surface area (Å²) in [6.45, 7) is 1.80. The fourth-order valence-electron chi connectivity index (χ4n) is 3.14. The van der Waals surface area contributed by atoms with Crippen molar-refractivity contribution in [1.82, 2.24) is 0 Å². The summed E-state index contributed by atoms with van der Waals surface area (Å²) < 4.78 is 36.8. The van der Waals surface area contributed by atoms with E-state index in [4.69, 9.17) is 21.1 Å². The number of nitrogens with one attached hydrogen (secondary N) is 1. The topological polar surface area (TPSA) is 84.9 Å². The lowest BCUT2D eigenvalue weighted by Gasteiger charge is -2.23. The molecule has 3 rings (SSSR count). The molecule has 0 fully saturated rings. The molecule has 0 aliphatic heterocycles. The minimum absolute atomic E-state index is 0.0967. The van der Waals surface area contributed by atoms with Gasteiger partial charge in [-0.1, -0.05) is 35.9 Å². The summed E-state index contributed by atoms with van der Waals surface area (Å²) in [6.07, 6.45) is 1.14. The number of carbonyl (C=O) groups is 1. The van der Waals surface area contributed by atoms with Gasteiger partial charge in [-0.2, -0.15) is 0 Å². The van der Waals surface area contributed by atoms with E-state index in [1.165, 1.54) is 11.4 Å². The number of hydrogen-bond acceptors (Lipinski definition) is 5. The molecule has 3 aromatic carbocycles. The average molecular weight is 489 g/mol. The molecule has 1 N–H and O–H groups in total. The van der Waals surface area contributed by atoms with Crippen molar-refractivity contribution in [3.63, 3.8) is 0 Å². The smallest absolute Gasteiger partial charge is 0.262 e. The predicted octanol–water partition coefficient (Wildman–Crippen LogP) is 4.64. The van der Waals surface area contributed by atoms with Crippen LogP contribution in [0, 0.1) is 6.92 Å². The number of aryl methyl sites for hydroxylation is 1. The molecule has 0 aliphatic carbocycles. The molecular formula is C24H25ClN2O5S. The van der Waals surface area contributed by atoms with Crippen LogP contribution in [0.3, 0.4) is 0 Å². The van der Waals surface area contributed by atoms with Gasteiger partial charge in [0.2, 0.25) is 10.0 Å². The van der Waals surface area contributed by atoms with Crippen LogP contribution in [0.5, 0.6) is 11.5 Å². The molecule has 0 atom stereocenters. The van der Waals surface area contributed by atoms with Crippen molar-refractivity contribution >= 4 is 38.9 Å². The van der Waals surface area contributed by atoms with E-state index in [1.54, 1.807) is 54.6 Å². The molecule has 0 saturated carbocycles. The number of anilines is 2. The Morgan fingerprint density at radius 3 is 2.39 bits per heavy atom. The van der Waals surface area contributed by atoms with Gasteiger partial charge < -0.3 is 14.8 Å². The Bertz CT molecular complexity index is 1230. The quantitative estimate of drug-likeness (QED) is 0.474. The number of carbonyl (C=O) groups excluding carboxylic acids is 1. The van der Waals surface area contributed by atoms with Crippen molar-refractivity contribution in [2.75, 3.05) is 29.6 Å². The number of ether oxygens (including phenoxy) is 2. The van der Waals surface area contributed by atoms with Crippen LogP contribution < -0.4 is 19.1 Å². The van der Waals surface area contributed by atoms with Crippen LogP contribution in [0.1, 0.15) is 11.1 Å². The van der Waals surface area contributed by atoms with Gasteiger partial charge in [-0.15, -0.1) is 0 Å². The molecule has 1 amide bonds. The van der Waals surface area contributed by atoms with Crippen molar-refractivity contribution < 1.29 is 22.7 Å². The third-order valence-corrected chi connectivity index (χ3v) is 6.31. The lowest BCUT2D eigenvalue weighted by molar-refractivity contribution is -0.118. The van der Waals surface area contributed by atoms with E-state index in [1.807, 2.05) is 19.1 Å². The van der Waals surface area contributed by atoms with E-state index < -0.39 is 10.0 Å². The van der Waals surface area contributed by atoms with E-state index in [0.29, 0.717) is 33.5 Å². The molecule has 7 nitrogen and oxygen atoms in total. The second-order valence-corrected chi connectivity index (χ2v) is 9.71. The third kappa shape index (κ3) is 6.63. The van der Waals surface area contributed by atoms with Gasteiger partial charge in [0, 0.05) is 5.02 Å². The first-order valence-electron chi connectivity index (χ1n) is 10.1. The second kappa shape index (κ2) is 10.6. The highest BCUT2D eigenvalue weighted by Crippen LogP contribution is 2.27. The second-order valence-electron chi connectivity index (χ2n) is 7.40. The maximum atomic E-state index is 12.4. The highest BCUT2D eigenvalue weighted by Gasteiger charge is 2.19. The Morgan fingerprint density at radius 1 is 1.06 bits per heavy atom. The minimum atomic E-state index is -3.56. The number of hydrogen-bond donors (Lipinski definition) is 1.